The van der Waals surface area contributed by atoms with Crippen LogP contribution in [0.25, 0.3) is 0 Å². The minimum absolute atomic E-state index is 0.0124. The molecule has 1 aromatic carbocycles. The number of esters is 1. The number of amides is 1. The molecule has 1 N–H and O–H groups in total. The maximum Gasteiger partial charge on any atom is 0.338 e. The van der Waals surface area contributed by atoms with Crippen molar-refractivity contribution in [3.8, 4) is 0 Å². The molecule has 1 aromatic rings. The van der Waals surface area contributed by atoms with E-state index < -0.39 is 22.6 Å². The van der Waals surface area contributed by atoms with Gasteiger partial charge in [0.15, 0.2) is 6.61 Å². The highest BCUT2D eigenvalue weighted by molar-refractivity contribution is 7.89. The van der Waals surface area contributed by atoms with Crippen molar-refractivity contribution in [2.75, 3.05) is 19.7 Å². The zero-order valence-corrected chi connectivity index (χ0v) is 19.4. The number of halogens is 1. The molecule has 1 saturated carbocycles. The molecule has 1 heterocycles. The molecular formula is C21H29ClN2O6S. The van der Waals surface area contributed by atoms with Crippen LogP contribution < -0.4 is 5.32 Å². The van der Waals surface area contributed by atoms with Gasteiger partial charge in [0, 0.05) is 19.1 Å². The topological polar surface area (TPSA) is 102 Å². The average molecular weight is 473 g/mol. The highest BCUT2D eigenvalue weighted by Gasteiger charge is 2.34. The van der Waals surface area contributed by atoms with E-state index in [-0.39, 0.29) is 52.7 Å². The van der Waals surface area contributed by atoms with Crippen LogP contribution in [0.1, 0.15) is 56.3 Å². The number of rotatable bonds is 6. The Hall–Kier alpha value is -1.68. The van der Waals surface area contributed by atoms with Gasteiger partial charge in [-0.25, -0.2) is 13.2 Å². The summed E-state index contributed by atoms with van der Waals surface area (Å²) in [5.74, 6) is -1.14. The van der Waals surface area contributed by atoms with Crippen molar-refractivity contribution in [2.24, 2.45) is 0 Å². The van der Waals surface area contributed by atoms with E-state index in [0.717, 1.165) is 25.7 Å². The van der Waals surface area contributed by atoms with Gasteiger partial charge < -0.3 is 14.8 Å². The van der Waals surface area contributed by atoms with Crippen LogP contribution in [0.15, 0.2) is 23.1 Å². The molecule has 10 heteroatoms. The van der Waals surface area contributed by atoms with E-state index in [4.69, 9.17) is 21.1 Å². The first-order chi connectivity index (χ1) is 14.7. The summed E-state index contributed by atoms with van der Waals surface area (Å²) in [6, 6.07) is 4.04. The molecule has 1 aliphatic carbocycles. The van der Waals surface area contributed by atoms with Gasteiger partial charge >= 0.3 is 5.97 Å². The molecule has 0 bridgehead atoms. The molecule has 0 aromatic heterocycles. The fourth-order valence-corrected chi connectivity index (χ4v) is 6.12. The van der Waals surface area contributed by atoms with Crippen LogP contribution >= 0.6 is 11.6 Å². The molecule has 0 spiro atoms. The van der Waals surface area contributed by atoms with Crippen LogP contribution in [-0.4, -0.2) is 62.5 Å². The largest absolute Gasteiger partial charge is 0.452 e. The van der Waals surface area contributed by atoms with Crippen molar-refractivity contribution in [3.63, 3.8) is 0 Å². The van der Waals surface area contributed by atoms with Crippen molar-refractivity contribution in [2.45, 2.75) is 69.1 Å². The van der Waals surface area contributed by atoms with Crippen molar-refractivity contribution in [1.82, 2.24) is 9.62 Å². The first-order valence-corrected chi connectivity index (χ1v) is 12.4. The monoisotopic (exact) mass is 472 g/mol. The van der Waals surface area contributed by atoms with Crippen LogP contribution in [-0.2, 0) is 24.3 Å². The molecular weight excluding hydrogens is 444 g/mol. The molecule has 1 aliphatic heterocycles. The number of benzene rings is 1. The SMILES string of the molecule is CC1CN(S(=O)(=O)c2cc(C(=O)OCC(=O)NC3CCCCC3)ccc2Cl)CC(C)O1. The third-order valence-corrected chi connectivity index (χ3v) is 7.79. The summed E-state index contributed by atoms with van der Waals surface area (Å²) in [6.45, 7) is 3.56. The summed E-state index contributed by atoms with van der Waals surface area (Å²) in [6.07, 6.45) is 4.67. The second kappa shape index (κ2) is 10.3. The van der Waals surface area contributed by atoms with Crippen LogP contribution in [0.3, 0.4) is 0 Å². The van der Waals surface area contributed by atoms with Crippen LogP contribution in [0.2, 0.25) is 5.02 Å². The Labute approximate surface area is 188 Å². The van der Waals surface area contributed by atoms with Gasteiger partial charge in [0.25, 0.3) is 5.91 Å². The van der Waals surface area contributed by atoms with Crippen LogP contribution in [0.4, 0.5) is 0 Å². The predicted molar refractivity (Wildman–Crippen MR) is 116 cm³/mol. The maximum absolute atomic E-state index is 13.1. The zero-order chi connectivity index (χ0) is 22.6. The Balaban J connectivity index is 1.66. The van der Waals surface area contributed by atoms with E-state index in [1.165, 1.54) is 28.9 Å². The molecule has 2 aliphatic rings. The van der Waals surface area contributed by atoms with Crippen molar-refractivity contribution in [1.29, 1.82) is 0 Å². The Morgan fingerprint density at radius 2 is 1.81 bits per heavy atom. The van der Waals surface area contributed by atoms with Gasteiger partial charge in [0.05, 0.1) is 22.8 Å². The number of sulfonamides is 1. The number of ether oxygens (including phenoxy) is 2. The standard InChI is InChI=1S/C21H29ClN2O6S/c1-14-11-24(12-15(2)30-14)31(27,28)19-10-16(8-9-18(19)22)21(26)29-13-20(25)23-17-6-4-3-5-7-17/h8-10,14-15,17H,3-7,11-13H2,1-2H3,(H,23,25). The molecule has 1 saturated heterocycles. The minimum Gasteiger partial charge on any atom is -0.452 e. The quantitative estimate of drug-likeness (QED) is 0.639. The summed E-state index contributed by atoms with van der Waals surface area (Å²) < 4.78 is 38.3. The highest BCUT2D eigenvalue weighted by Crippen LogP contribution is 2.28. The first kappa shape index (κ1) is 24.0. The lowest BCUT2D eigenvalue weighted by Gasteiger charge is -2.34. The van der Waals surface area contributed by atoms with Crippen molar-refractivity contribution in [3.05, 3.63) is 28.8 Å². The second-order valence-corrected chi connectivity index (χ2v) is 10.5. The molecule has 2 fully saturated rings. The summed E-state index contributed by atoms with van der Waals surface area (Å²) in [5.41, 5.74) is 0.0165. The molecule has 2 unspecified atom stereocenters. The van der Waals surface area contributed by atoms with Gasteiger partial charge in [-0.1, -0.05) is 30.9 Å². The molecule has 1 amide bonds. The van der Waals surface area contributed by atoms with Gasteiger partial charge in [-0.05, 0) is 44.9 Å². The summed E-state index contributed by atoms with van der Waals surface area (Å²) in [7, 11) is -3.93. The first-order valence-electron chi connectivity index (χ1n) is 10.6. The maximum atomic E-state index is 13.1. The molecule has 31 heavy (non-hydrogen) atoms. The van der Waals surface area contributed by atoms with Crippen LogP contribution in [0, 0.1) is 0 Å². The van der Waals surface area contributed by atoms with Crippen molar-refractivity contribution >= 4 is 33.5 Å². The van der Waals surface area contributed by atoms with Gasteiger partial charge in [0.1, 0.15) is 4.90 Å². The third-order valence-electron chi connectivity index (χ3n) is 5.48. The fraction of sp³-hybridized carbons (Fsp3) is 0.619. The van der Waals surface area contributed by atoms with E-state index in [0.29, 0.717) is 0 Å². The number of morpholine rings is 1. The lowest BCUT2D eigenvalue weighted by Crippen LogP contribution is -2.48. The number of carbonyl (C=O) groups is 2. The van der Waals surface area contributed by atoms with E-state index in [2.05, 4.69) is 5.32 Å². The Kier molecular flexibility index (Phi) is 7.96. The average Bonchev–Trinajstić information content (AvgIpc) is 2.72. The lowest BCUT2D eigenvalue weighted by molar-refractivity contribution is -0.125. The number of nitrogens with zero attached hydrogens (tertiary/aromatic N) is 1. The van der Waals surface area contributed by atoms with Gasteiger partial charge in [-0.2, -0.15) is 4.31 Å². The smallest absolute Gasteiger partial charge is 0.338 e. The second-order valence-electron chi connectivity index (χ2n) is 8.20. The Morgan fingerprint density at radius 1 is 1.16 bits per heavy atom. The minimum atomic E-state index is -3.93. The highest BCUT2D eigenvalue weighted by atomic mass is 35.5. The number of nitrogens with one attached hydrogen (secondary N) is 1. The molecule has 172 valence electrons. The number of carbonyl (C=O) groups excluding carboxylic acids is 2. The van der Waals surface area contributed by atoms with Crippen LogP contribution in [0.5, 0.6) is 0 Å². The van der Waals surface area contributed by atoms with Gasteiger partial charge in [0.2, 0.25) is 10.0 Å². The molecule has 2 atom stereocenters. The van der Waals surface area contributed by atoms with Gasteiger partial charge in [-0.15, -0.1) is 0 Å². The fourth-order valence-electron chi connectivity index (χ4n) is 4.02. The molecule has 0 radical (unpaired) electrons. The summed E-state index contributed by atoms with van der Waals surface area (Å²) in [5, 5.41) is 2.88. The predicted octanol–water partition coefficient (Wildman–Crippen LogP) is 2.74. The zero-order valence-electron chi connectivity index (χ0n) is 17.8. The van der Waals surface area contributed by atoms with Gasteiger partial charge in [-0.3, -0.25) is 4.79 Å². The summed E-state index contributed by atoms with van der Waals surface area (Å²) >= 11 is 6.16. The lowest BCUT2D eigenvalue weighted by atomic mass is 9.95. The molecule has 8 nitrogen and oxygen atoms in total. The Bertz CT molecular complexity index is 906. The normalized spacial score (nSPS) is 23.3. The molecule has 3 rings (SSSR count). The third kappa shape index (κ3) is 6.19. The Morgan fingerprint density at radius 3 is 2.45 bits per heavy atom. The summed E-state index contributed by atoms with van der Waals surface area (Å²) in [4.78, 5) is 24.3. The van der Waals surface area contributed by atoms with E-state index in [9.17, 15) is 18.0 Å². The van der Waals surface area contributed by atoms with E-state index >= 15 is 0 Å². The van der Waals surface area contributed by atoms with E-state index in [1.807, 2.05) is 0 Å². The number of hydrogen-bond donors (Lipinski definition) is 1. The number of hydrogen-bond acceptors (Lipinski definition) is 6. The van der Waals surface area contributed by atoms with Crippen molar-refractivity contribution < 1.29 is 27.5 Å². The van der Waals surface area contributed by atoms with E-state index in [1.54, 1.807) is 13.8 Å².